The molecule has 0 unspecified atom stereocenters. The molecular formula is C24H28N4OS. The highest BCUT2D eigenvalue weighted by molar-refractivity contribution is 7.13. The molecule has 1 aliphatic rings. The van der Waals surface area contributed by atoms with E-state index in [1.54, 1.807) is 0 Å². The molecule has 2 heterocycles. The van der Waals surface area contributed by atoms with E-state index in [1.165, 1.54) is 29.4 Å². The predicted octanol–water partition coefficient (Wildman–Crippen LogP) is 4.05. The lowest BCUT2D eigenvalue weighted by molar-refractivity contribution is -0.114. The normalized spacial score (nSPS) is 15.4. The number of carbonyl (C=O) groups excluding carboxylic acids is 1. The molecule has 0 radical (unpaired) electrons. The molecule has 0 spiro atoms. The lowest BCUT2D eigenvalue weighted by atomic mass is 9.96. The first-order valence-corrected chi connectivity index (χ1v) is 11.4. The van der Waals surface area contributed by atoms with E-state index in [4.69, 9.17) is 0 Å². The highest BCUT2D eigenvalue weighted by Gasteiger charge is 2.26. The molecule has 1 N–H and O–H groups in total. The quantitative estimate of drug-likeness (QED) is 0.626. The molecule has 1 fully saturated rings. The van der Waals surface area contributed by atoms with Crippen LogP contribution in [0.3, 0.4) is 0 Å². The van der Waals surface area contributed by atoms with Crippen LogP contribution in [0.25, 0.3) is 0 Å². The average Bonchev–Trinajstić information content (AvgIpc) is 3.21. The molecule has 1 aliphatic heterocycles. The van der Waals surface area contributed by atoms with Gasteiger partial charge in [0.1, 0.15) is 0 Å². The van der Waals surface area contributed by atoms with Gasteiger partial charge in [0.05, 0.1) is 11.7 Å². The third-order valence-corrected chi connectivity index (χ3v) is 6.33. The Morgan fingerprint density at radius 1 is 1.00 bits per heavy atom. The van der Waals surface area contributed by atoms with Crippen molar-refractivity contribution < 1.29 is 4.79 Å². The van der Waals surface area contributed by atoms with Gasteiger partial charge in [-0.2, -0.15) is 0 Å². The van der Waals surface area contributed by atoms with Crippen LogP contribution in [0.2, 0.25) is 0 Å². The first-order valence-electron chi connectivity index (χ1n) is 10.5. The summed E-state index contributed by atoms with van der Waals surface area (Å²) in [6.07, 6.45) is 0.914. The predicted molar refractivity (Wildman–Crippen MR) is 123 cm³/mol. The Morgan fingerprint density at radius 2 is 1.60 bits per heavy atom. The van der Waals surface area contributed by atoms with Gasteiger partial charge in [-0.15, -0.1) is 11.3 Å². The van der Waals surface area contributed by atoms with Crippen LogP contribution >= 0.6 is 11.3 Å². The van der Waals surface area contributed by atoms with Crippen LogP contribution in [0.5, 0.6) is 0 Å². The van der Waals surface area contributed by atoms with Gasteiger partial charge in [0.15, 0.2) is 5.13 Å². The monoisotopic (exact) mass is 420 g/mol. The average molecular weight is 421 g/mol. The van der Waals surface area contributed by atoms with E-state index in [-0.39, 0.29) is 5.91 Å². The number of anilines is 1. The first kappa shape index (κ1) is 20.7. The van der Waals surface area contributed by atoms with Crippen molar-refractivity contribution in [2.45, 2.75) is 19.4 Å². The largest absolute Gasteiger partial charge is 0.302 e. The molecular weight excluding hydrogens is 392 g/mol. The van der Waals surface area contributed by atoms with Crippen LogP contribution in [-0.2, 0) is 11.2 Å². The van der Waals surface area contributed by atoms with E-state index >= 15 is 0 Å². The Hall–Kier alpha value is -2.54. The van der Waals surface area contributed by atoms with Crippen molar-refractivity contribution >= 4 is 22.4 Å². The van der Waals surface area contributed by atoms with E-state index in [1.807, 2.05) is 5.38 Å². The Balaban J connectivity index is 1.35. The van der Waals surface area contributed by atoms with Crippen LogP contribution in [0.15, 0.2) is 66.0 Å². The summed E-state index contributed by atoms with van der Waals surface area (Å²) in [5.41, 5.74) is 3.76. The fraction of sp³-hybridized carbons (Fsp3) is 0.333. The van der Waals surface area contributed by atoms with E-state index in [2.05, 4.69) is 80.8 Å². The first-order chi connectivity index (χ1) is 14.7. The Labute approximate surface area is 182 Å². The molecule has 0 aliphatic carbocycles. The summed E-state index contributed by atoms with van der Waals surface area (Å²) in [4.78, 5) is 20.8. The molecule has 0 saturated carbocycles. The lowest BCUT2D eigenvalue weighted by Gasteiger charge is -2.39. The zero-order valence-electron chi connectivity index (χ0n) is 17.3. The smallest absolute Gasteiger partial charge is 0.223 e. The molecule has 0 bridgehead atoms. The second-order valence-corrected chi connectivity index (χ2v) is 8.53. The molecule has 3 aromatic rings. The van der Waals surface area contributed by atoms with Crippen LogP contribution in [0, 0.1) is 0 Å². The number of rotatable bonds is 7. The summed E-state index contributed by atoms with van der Waals surface area (Å²) in [5, 5.41) is 5.50. The van der Waals surface area contributed by atoms with Crippen molar-refractivity contribution in [1.82, 2.24) is 14.8 Å². The number of aromatic nitrogens is 1. The summed E-state index contributed by atoms with van der Waals surface area (Å²) in [6.45, 7) is 6.71. The van der Waals surface area contributed by atoms with Crippen molar-refractivity contribution in [1.29, 1.82) is 0 Å². The van der Waals surface area contributed by atoms with Crippen LogP contribution in [-0.4, -0.2) is 53.4 Å². The number of hydrogen-bond donors (Lipinski definition) is 1. The van der Waals surface area contributed by atoms with Crippen LogP contribution < -0.4 is 5.32 Å². The number of nitrogens with one attached hydrogen (secondary N) is 1. The number of benzene rings is 2. The summed E-state index contributed by atoms with van der Waals surface area (Å²) >= 11 is 1.49. The minimum Gasteiger partial charge on any atom is -0.302 e. The van der Waals surface area contributed by atoms with Gasteiger partial charge in [-0.1, -0.05) is 60.7 Å². The van der Waals surface area contributed by atoms with Crippen molar-refractivity contribution in [2.75, 3.05) is 38.0 Å². The Morgan fingerprint density at radius 3 is 2.17 bits per heavy atom. The second kappa shape index (κ2) is 9.98. The summed E-state index contributed by atoms with van der Waals surface area (Å²) in [7, 11) is 0. The zero-order chi connectivity index (χ0) is 20.8. The van der Waals surface area contributed by atoms with Gasteiger partial charge >= 0.3 is 0 Å². The standard InChI is InChI=1S/C24H28N4OS/c1-19(29)25-24-26-22(18-30-24)12-13-27-14-16-28(17-15-27)23(20-8-4-2-5-9-20)21-10-6-3-7-11-21/h2-11,18,23H,12-17H2,1H3,(H,25,26,29). The molecule has 0 atom stereocenters. The van der Waals surface area contributed by atoms with Crippen molar-refractivity contribution in [2.24, 2.45) is 0 Å². The minimum absolute atomic E-state index is 0.0709. The van der Waals surface area contributed by atoms with Crippen molar-refractivity contribution in [3.63, 3.8) is 0 Å². The van der Waals surface area contributed by atoms with Crippen LogP contribution in [0.1, 0.15) is 29.8 Å². The maximum absolute atomic E-state index is 11.2. The zero-order valence-corrected chi connectivity index (χ0v) is 18.1. The molecule has 30 heavy (non-hydrogen) atoms. The molecule has 156 valence electrons. The Kier molecular flexibility index (Phi) is 6.89. The molecule has 1 saturated heterocycles. The van der Waals surface area contributed by atoms with E-state index in [0.717, 1.165) is 44.8 Å². The van der Waals surface area contributed by atoms with Crippen molar-refractivity contribution in [3.8, 4) is 0 Å². The van der Waals surface area contributed by atoms with E-state index in [0.29, 0.717) is 11.2 Å². The second-order valence-electron chi connectivity index (χ2n) is 7.68. The molecule has 2 aromatic carbocycles. The fourth-order valence-corrected chi connectivity index (χ4v) is 4.82. The third-order valence-electron chi connectivity index (χ3n) is 5.52. The number of carbonyl (C=O) groups is 1. The SMILES string of the molecule is CC(=O)Nc1nc(CCN2CCN(C(c3ccccc3)c3ccccc3)CC2)cs1. The molecule has 1 aromatic heterocycles. The molecule has 6 heteroatoms. The van der Waals surface area contributed by atoms with Gasteiger partial charge in [0.2, 0.25) is 5.91 Å². The summed E-state index contributed by atoms with van der Waals surface area (Å²) in [5.74, 6) is -0.0709. The number of thiazole rings is 1. The van der Waals surface area contributed by atoms with Crippen molar-refractivity contribution in [3.05, 3.63) is 82.9 Å². The maximum Gasteiger partial charge on any atom is 0.223 e. The van der Waals surface area contributed by atoms with Crippen LogP contribution in [0.4, 0.5) is 5.13 Å². The minimum atomic E-state index is -0.0709. The number of nitrogens with zero attached hydrogens (tertiary/aromatic N) is 3. The van der Waals surface area contributed by atoms with Gasteiger partial charge in [0, 0.05) is 51.4 Å². The van der Waals surface area contributed by atoms with Gasteiger partial charge in [0.25, 0.3) is 0 Å². The third kappa shape index (κ3) is 5.33. The number of hydrogen-bond acceptors (Lipinski definition) is 5. The van der Waals surface area contributed by atoms with E-state index < -0.39 is 0 Å². The van der Waals surface area contributed by atoms with Gasteiger partial charge < -0.3 is 10.2 Å². The van der Waals surface area contributed by atoms with Gasteiger partial charge in [-0.25, -0.2) is 4.98 Å². The van der Waals surface area contributed by atoms with Gasteiger partial charge in [-0.3, -0.25) is 9.69 Å². The number of amides is 1. The summed E-state index contributed by atoms with van der Waals surface area (Å²) in [6, 6.07) is 21.9. The lowest BCUT2D eigenvalue weighted by Crippen LogP contribution is -2.48. The summed E-state index contributed by atoms with van der Waals surface area (Å²) < 4.78 is 0. The number of piperazine rings is 1. The molecule has 4 rings (SSSR count). The van der Waals surface area contributed by atoms with E-state index in [9.17, 15) is 4.79 Å². The molecule has 1 amide bonds. The maximum atomic E-state index is 11.2. The molecule has 5 nitrogen and oxygen atoms in total. The Bertz CT molecular complexity index is 897. The topological polar surface area (TPSA) is 48.5 Å². The van der Waals surface area contributed by atoms with Gasteiger partial charge in [-0.05, 0) is 11.1 Å². The fourth-order valence-electron chi connectivity index (χ4n) is 4.03. The highest BCUT2D eigenvalue weighted by Crippen LogP contribution is 2.29. The highest BCUT2D eigenvalue weighted by atomic mass is 32.1.